The summed E-state index contributed by atoms with van der Waals surface area (Å²) in [6.45, 7) is 2.41. The van der Waals surface area contributed by atoms with Crippen LogP contribution in [0.4, 0.5) is 0 Å². The smallest absolute Gasteiger partial charge is 0.225 e. The molecule has 1 atom stereocenters. The predicted octanol–water partition coefficient (Wildman–Crippen LogP) is 1.85. The van der Waals surface area contributed by atoms with Gasteiger partial charge in [0.15, 0.2) is 0 Å². The molecule has 4 heteroatoms. The second-order valence-corrected chi connectivity index (χ2v) is 4.69. The third-order valence-corrected chi connectivity index (χ3v) is 3.45. The highest BCUT2D eigenvalue weighted by Crippen LogP contribution is 2.17. The summed E-state index contributed by atoms with van der Waals surface area (Å²) in [5.74, 6) is -0.354. The molecule has 1 unspecified atom stereocenters. The van der Waals surface area contributed by atoms with Gasteiger partial charge >= 0.3 is 0 Å². The highest BCUT2D eigenvalue weighted by Gasteiger charge is 2.14. The van der Waals surface area contributed by atoms with Gasteiger partial charge in [0.1, 0.15) is 0 Å². The Kier molecular flexibility index (Phi) is 4.58. The Hall–Kier alpha value is -1.81. The van der Waals surface area contributed by atoms with E-state index in [0.29, 0.717) is 13.0 Å². The van der Waals surface area contributed by atoms with E-state index in [1.54, 1.807) is 0 Å². The Morgan fingerprint density at radius 3 is 2.95 bits per heavy atom. The second kappa shape index (κ2) is 6.38. The zero-order valence-corrected chi connectivity index (χ0v) is 11.1. The largest absolute Gasteiger partial charge is 0.396 e. The molecule has 0 spiro atoms. The van der Waals surface area contributed by atoms with Crippen LogP contribution in [0.25, 0.3) is 10.9 Å². The number of aromatic amines is 1. The van der Waals surface area contributed by atoms with Crippen LogP contribution >= 0.6 is 0 Å². The summed E-state index contributed by atoms with van der Waals surface area (Å²) in [4.78, 5) is 14.9. The van der Waals surface area contributed by atoms with E-state index in [-0.39, 0.29) is 18.4 Å². The van der Waals surface area contributed by atoms with Crippen LogP contribution in [0.3, 0.4) is 0 Å². The quantitative estimate of drug-likeness (QED) is 0.742. The van der Waals surface area contributed by atoms with E-state index in [4.69, 9.17) is 5.11 Å². The van der Waals surface area contributed by atoms with Gasteiger partial charge in [-0.25, -0.2) is 0 Å². The molecule has 102 valence electrons. The highest BCUT2D eigenvalue weighted by atomic mass is 16.3. The molecule has 0 aliphatic heterocycles. The molecule has 1 aromatic heterocycles. The van der Waals surface area contributed by atoms with Gasteiger partial charge in [-0.1, -0.05) is 25.1 Å². The fraction of sp³-hybridized carbons (Fsp3) is 0.400. The van der Waals surface area contributed by atoms with Crippen molar-refractivity contribution in [2.24, 2.45) is 5.92 Å². The number of fused-ring (bicyclic) bond motifs is 1. The number of amides is 1. The van der Waals surface area contributed by atoms with Gasteiger partial charge in [-0.3, -0.25) is 4.79 Å². The predicted molar refractivity (Wildman–Crippen MR) is 75.9 cm³/mol. The molecule has 0 bridgehead atoms. The second-order valence-electron chi connectivity index (χ2n) is 4.69. The normalized spacial score (nSPS) is 12.5. The number of carbonyl (C=O) groups is 1. The van der Waals surface area contributed by atoms with Crippen LogP contribution < -0.4 is 5.32 Å². The van der Waals surface area contributed by atoms with Crippen LogP contribution in [0.15, 0.2) is 30.5 Å². The van der Waals surface area contributed by atoms with Crippen molar-refractivity contribution in [2.45, 2.75) is 19.8 Å². The lowest BCUT2D eigenvalue weighted by atomic mass is 10.1. The summed E-state index contributed by atoms with van der Waals surface area (Å²) in [5, 5.41) is 13.1. The molecule has 0 fully saturated rings. The van der Waals surface area contributed by atoms with Crippen LogP contribution in [0.5, 0.6) is 0 Å². The molecule has 2 aromatic rings. The standard InChI is InChI=1S/C15H20N2O2/c1-2-11(10-18)15(19)16-8-7-12-9-17-14-6-4-3-5-13(12)14/h3-6,9,11,17-18H,2,7-8,10H2,1H3,(H,16,19). The molecule has 0 radical (unpaired) electrons. The van der Waals surface area contributed by atoms with E-state index in [1.165, 1.54) is 10.9 Å². The molecule has 1 amide bonds. The number of H-pyrrole nitrogens is 1. The zero-order valence-electron chi connectivity index (χ0n) is 11.1. The first-order chi connectivity index (χ1) is 9.26. The Morgan fingerprint density at radius 2 is 2.21 bits per heavy atom. The number of hydrogen-bond acceptors (Lipinski definition) is 2. The van der Waals surface area contributed by atoms with Crippen molar-refractivity contribution >= 4 is 16.8 Å². The summed E-state index contributed by atoms with van der Waals surface area (Å²) in [5.41, 5.74) is 2.32. The number of carbonyl (C=O) groups excluding carboxylic acids is 1. The number of nitrogens with one attached hydrogen (secondary N) is 2. The fourth-order valence-electron chi connectivity index (χ4n) is 2.20. The fourth-order valence-corrected chi connectivity index (χ4v) is 2.20. The van der Waals surface area contributed by atoms with Gasteiger partial charge in [-0.2, -0.15) is 0 Å². The van der Waals surface area contributed by atoms with E-state index in [2.05, 4.69) is 16.4 Å². The van der Waals surface area contributed by atoms with Gasteiger partial charge in [0.2, 0.25) is 5.91 Å². The van der Waals surface area contributed by atoms with E-state index in [9.17, 15) is 4.79 Å². The van der Waals surface area contributed by atoms with E-state index >= 15 is 0 Å². The lowest BCUT2D eigenvalue weighted by Gasteiger charge is -2.11. The maximum atomic E-state index is 11.7. The minimum absolute atomic E-state index is 0.0650. The van der Waals surface area contributed by atoms with Gasteiger partial charge in [0.05, 0.1) is 12.5 Å². The topological polar surface area (TPSA) is 65.1 Å². The van der Waals surface area contributed by atoms with Crippen LogP contribution in [0.2, 0.25) is 0 Å². The number of aliphatic hydroxyl groups is 1. The molecule has 0 saturated heterocycles. The van der Waals surface area contributed by atoms with Crippen LogP contribution in [0.1, 0.15) is 18.9 Å². The molecule has 0 aliphatic rings. The van der Waals surface area contributed by atoms with Gasteiger partial charge < -0.3 is 15.4 Å². The van der Waals surface area contributed by atoms with Gasteiger partial charge in [-0.15, -0.1) is 0 Å². The van der Waals surface area contributed by atoms with Crippen molar-refractivity contribution in [1.29, 1.82) is 0 Å². The monoisotopic (exact) mass is 260 g/mol. The summed E-state index contributed by atoms with van der Waals surface area (Å²) in [7, 11) is 0. The maximum Gasteiger partial charge on any atom is 0.225 e. The minimum Gasteiger partial charge on any atom is -0.396 e. The molecule has 0 saturated carbocycles. The van der Waals surface area contributed by atoms with Gasteiger partial charge in [-0.05, 0) is 24.5 Å². The first-order valence-corrected chi connectivity index (χ1v) is 6.69. The SMILES string of the molecule is CCC(CO)C(=O)NCCc1c[nH]c2ccccc12. The van der Waals surface area contributed by atoms with Crippen LogP contribution in [-0.2, 0) is 11.2 Å². The zero-order chi connectivity index (χ0) is 13.7. The lowest BCUT2D eigenvalue weighted by molar-refractivity contribution is -0.126. The van der Waals surface area contributed by atoms with Crippen molar-refractivity contribution < 1.29 is 9.90 Å². The van der Waals surface area contributed by atoms with Crippen molar-refractivity contribution in [3.05, 3.63) is 36.0 Å². The molecule has 0 aliphatic carbocycles. The van der Waals surface area contributed by atoms with Crippen LogP contribution in [0, 0.1) is 5.92 Å². The molecule has 1 aromatic carbocycles. The lowest BCUT2D eigenvalue weighted by Crippen LogP contribution is -2.33. The summed E-state index contributed by atoms with van der Waals surface area (Å²) in [6.07, 6.45) is 3.44. The van der Waals surface area contributed by atoms with Gasteiger partial charge in [0.25, 0.3) is 0 Å². The van der Waals surface area contributed by atoms with Crippen molar-refractivity contribution in [3.63, 3.8) is 0 Å². The molecule has 3 N–H and O–H groups in total. The number of para-hydroxylation sites is 1. The number of aliphatic hydroxyl groups excluding tert-OH is 1. The molecule has 2 rings (SSSR count). The number of rotatable bonds is 6. The third kappa shape index (κ3) is 3.15. The summed E-state index contributed by atoms with van der Waals surface area (Å²) < 4.78 is 0. The van der Waals surface area contributed by atoms with Crippen molar-refractivity contribution in [1.82, 2.24) is 10.3 Å². The van der Waals surface area contributed by atoms with E-state index < -0.39 is 0 Å². The van der Waals surface area contributed by atoms with E-state index in [1.807, 2.05) is 31.3 Å². The Bertz CT molecular complexity index is 544. The van der Waals surface area contributed by atoms with Crippen molar-refractivity contribution in [2.75, 3.05) is 13.2 Å². The molecule has 19 heavy (non-hydrogen) atoms. The molecule has 4 nitrogen and oxygen atoms in total. The summed E-state index contributed by atoms with van der Waals surface area (Å²) >= 11 is 0. The number of aromatic nitrogens is 1. The number of benzene rings is 1. The molecule has 1 heterocycles. The average Bonchev–Trinajstić information content (AvgIpc) is 2.84. The first-order valence-electron chi connectivity index (χ1n) is 6.69. The van der Waals surface area contributed by atoms with Crippen LogP contribution in [-0.4, -0.2) is 29.1 Å². The Balaban J connectivity index is 1.91. The number of hydrogen-bond donors (Lipinski definition) is 3. The van der Waals surface area contributed by atoms with Gasteiger partial charge in [0, 0.05) is 23.6 Å². The minimum atomic E-state index is -0.289. The highest BCUT2D eigenvalue weighted by molar-refractivity contribution is 5.83. The Labute approximate surface area is 112 Å². The van der Waals surface area contributed by atoms with E-state index in [0.717, 1.165) is 11.9 Å². The average molecular weight is 260 g/mol. The maximum absolute atomic E-state index is 11.7. The first kappa shape index (κ1) is 13.6. The summed E-state index contributed by atoms with van der Waals surface area (Å²) in [6, 6.07) is 8.12. The Morgan fingerprint density at radius 1 is 1.42 bits per heavy atom. The third-order valence-electron chi connectivity index (χ3n) is 3.45. The van der Waals surface area contributed by atoms with Crippen molar-refractivity contribution in [3.8, 4) is 0 Å². The molecular weight excluding hydrogens is 240 g/mol. The molecular formula is C15H20N2O2.